The summed E-state index contributed by atoms with van der Waals surface area (Å²) < 4.78 is 1.70. The Hall–Kier alpha value is -1.56. The van der Waals surface area contributed by atoms with Crippen molar-refractivity contribution in [1.29, 1.82) is 0 Å². The first-order chi connectivity index (χ1) is 10.5. The molecule has 6 heteroatoms. The van der Waals surface area contributed by atoms with Crippen LogP contribution in [0.1, 0.15) is 57.6 Å². The molecule has 0 aromatic carbocycles. The zero-order valence-electron chi connectivity index (χ0n) is 13.8. The Morgan fingerprint density at radius 2 is 2.14 bits per heavy atom. The summed E-state index contributed by atoms with van der Waals surface area (Å²) in [5.74, 6) is 1.46. The van der Waals surface area contributed by atoms with Crippen molar-refractivity contribution < 1.29 is 9.90 Å². The molecular formula is C16H28N4O2. The minimum absolute atomic E-state index is 0.224. The van der Waals surface area contributed by atoms with Crippen LogP contribution in [0.4, 0.5) is 10.6 Å². The maximum atomic E-state index is 12.0. The first kappa shape index (κ1) is 16.8. The maximum absolute atomic E-state index is 12.0. The maximum Gasteiger partial charge on any atom is 0.320 e. The van der Waals surface area contributed by atoms with E-state index in [1.807, 2.05) is 13.1 Å². The van der Waals surface area contributed by atoms with Crippen LogP contribution >= 0.6 is 0 Å². The standard InChI is InChI=1S/C16H28N4O2/c1-4-11(5-2)14(21)10-17-16(22)18-15-9-13(19-20(15)3)12-7-6-8-12/h9,11-12,14,21H,4-8,10H2,1-3H3,(H2,17,18,22). The number of aliphatic hydroxyl groups is 1. The van der Waals surface area contributed by atoms with Gasteiger partial charge >= 0.3 is 6.03 Å². The minimum atomic E-state index is -0.502. The summed E-state index contributed by atoms with van der Waals surface area (Å²) in [5.41, 5.74) is 1.06. The number of urea groups is 1. The van der Waals surface area contributed by atoms with Crippen molar-refractivity contribution in [3.63, 3.8) is 0 Å². The first-order valence-electron chi connectivity index (χ1n) is 8.32. The van der Waals surface area contributed by atoms with Crippen molar-refractivity contribution in [3.05, 3.63) is 11.8 Å². The third-order valence-corrected chi connectivity index (χ3v) is 4.73. The molecule has 0 aliphatic heterocycles. The number of nitrogens with one attached hydrogen (secondary N) is 2. The van der Waals surface area contributed by atoms with Crippen molar-refractivity contribution >= 4 is 11.8 Å². The van der Waals surface area contributed by atoms with Gasteiger partial charge < -0.3 is 10.4 Å². The Kier molecular flexibility index (Phi) is 5.83. The molecule has 22 heavy (non-hydrogen) atoms. The molecule has 1 aromatic rings. The number of amides is 2. The minimum Gasteiger partial charge on any atom is -0.391 e. The summed E-state index contributed by atoms with van der Waals surface area (Å²) in [6, 6.07) is 1.65. The van der Waals surface area contributed by atoms with Gasteiger partial charge in [-0.1, -0.05) is 33.1 Å². The number of aliphatic hydroxyl groups excluding tert-OH is 1. The van der Waals surface area contributed by atoms with E-state index in [9.17, 15) is 9.90 Å². The zero-order chi connectivity index (χ0) is 16.1. The highest BCUT2D eigenvalue weighted by Crippen LogP contribution is 2.36. The Morgan fingerprint density at radius 3 is 2.68 bits per heavy atom. The fourth-order valence-electron chi connectivity index (χ4n) is 2.87. The Bertz CT molecular complexity index is 492. The fourth-order valence-corrected chi connectivity index (χ4v) is 2.87. The van der Waals surface area contributed by atoms with Gasteiger partial charge in [0.2, 0.25) is 0 Å². The average Bonchev–Trinajstić information content (AvgIpc) is 2.76. The van der Waals surface area contributed by atoms with E-state index in [0.717, 1.165) is 18.5 Å². The van der Waals surface area contributed by atoms with Crippen molar-refractivity contribution in [3.8, 4) is 0 Å². The molecule has 2 rings (SSSR count). The molecule has 124 valence electrons. The van der Waals surface area contributed by atoms with Gasteiger partial charge in [-0.2, -0.15) is 5.10 Å². The quantitative estimate of drug-likeness (QED) is 0.724. The lowest BCUT2D eigenvalue weighted by Crippen LogP contribution is -2.38. The van der Waals surface area contributed by atoms with E-state index in [-0.39, 0.29) is 18.5 Å². The molecule has 1 aromatic heterocycles. The molecule has 6 nitrogen and oxygen atoms in total. The average molecular weight is 308 g/mol. The second-order valence-electron chi connectivity index (χ2n) is 6.18. The van der Waals surface area contributed by atoms with E-state index in [1.54, 1.807) is 4.68 Å². The lowest BCUT2D eigenvalue weighted by atomic mass is 9.83. The number of carbonyl (C=O) groups is 1. The summed E-state index contributed by atoms with van der Waals surface area (Å²) in [4.78, 5) is 12.0. The highest BCUT2D eigenvalue weighted by Gasteiger charge is 2.23. The second kappa shape index (κ2) is 7.63. The van der Waals surface area contributed by atoms with Gasteiger partial charge in [-0.25, -0.2) is 4.79 Å². The second-order valence-corrected chi connectivity index (χ2v) is 6.18. The molecule has 0 saturated heterocycles. The number of rotatable bonds is 7. The molecule has 1 fully saturated rings. The van der Waals surface area contributed by atoms with Gasteiger partial charge in [-0.3, -0.25) is 10.00 Å². The smallest absolute Gasteiger partial charge is 0.320 e. The Morgan fingerprint density at radius 1 is 1.45 bits per heavy atom. The summed E-state index contributed by atoms with van der Waals surface area (Å²) in [6.45, 7) is 4.37. The molecule has 0 bridgehead atoms. The van der Waals surface area contributed by atoms with Crippen molar-refractivity contribution in [2.75, 3.05) is 11.9 Å². The van der Waals surface area contributed by atoms with Crippen LogP contribution in [0.3, 0.4) is 0 Å². The number of nitrogens with zero attached hydrogens (tertiary/aromatic N) is 2. The molecule has 0 radical (unpaired) electrons. The molecule has 1 atom stereocenters. The molecular weight excluding hydrogens is 280 g/mol. The molecule has 1 aliphatic rings. The van der Waals surface area contributed by atoms with E-state index in [4.69, 9.17) is 0 Å². The van der Waals surface area contributed by atoms with Crippen LogP contribution in [-0.4, -0.2) is 33.6 Å². The summed E-state index contributed by atoms with van der Waals surface area (Å²) in [7, 11) is 1.83. The van der Waals surface area contributed by atoms with Gasteiger partial charge in [0.25, 0.3) is 0 Å². The third-order valence-electron chi connectivity index (χ3n) is 4.73. The van der Waals surface area contributed by atoms with E-state index in [1.165, 1.54) is 19.3 Å². The lowest BCUT2D eigenvalue weighted by molar-refractivity contribution is 0.104. The molecule has 0 spiro atoms. The Labute approximate surface area is 132 Å². The predicted octanol–water partition coefficient (Wildman–Crippen LogP) is 2.61. The summed E-state index contributed by atoms with van der Waals surface area (Å²) >= 11 is 0. The van der Waals surface area contributed by atoms with E-state index in [0.29, 0.717) is 11.7 Å². The zero-order valence-corrected chi connectivity index (χ0v) is 13.8. The third kappa shape index (κ3) is 4.00. The van der Waals surface area contributed by atoms with Crippen molar-refractivity contribution in [2.45, 2.75) is 58.0 Å². The van der Waals surface area contributed by atoms with Gasteiger partial charge in [-0.05, 0) is 18.8 Å². The SMILES string of the molecule is CCC(CC)C(O)CNC(=O)Nc1cc(C2CCC2)nn1C. The highest BCUT2D eigenvalue weighted by molar-refractivity contribution is 5.88. The van der Waals surface area contributed by atoms with Crippen LogP contribution in [-0.2, 0) is 7.05 Å². The number of anilines is 1. The fraction of sp³-hybridized carbons (Fsp3) is 0.750. The molecule has 1 heterocycles. The molecule has 1 unspecified atom stereocenters. The molecule has 2 amide bonds. The number of hydrogen-bond acceptors (Lipinski definition) is 3. The van der Waals surface area contributed by atoms with Crippen molar-refractivity contribution in [1.82, 2.24) is 15.1 Å². The normalized spacial score (nSPS) is 16.4. The largest absolute Gasteiger partial charge is 0.391 e. The van der Waals surface area contributed by atoms with Crippen LogP contribution in [0.25, 0.3) is 0 Å². The predicted molar refractivity (Wildman–Crippen MR) is 86.9 cm³/mol. The molecule has 1 aliphatic carbocycles. The number of carbonyl (C=O) groups excluding carboxylic acids is 1. The van der Waals surface area contributed by atoms with Crippen LogP contribution in [0.2, 0.25) is 0 Å². The van der Waals surface area contributed by atoms with Gasteiger partial charge in [0.05, 0.1) is 11.8 Å². The van der Waals surface area contributed by atoms with E-state index >= 15 is 0 Å². The van der Waals surface area contributed by atoms with Crippen LogP contribution in [0.5, 0.6) is 0 Å². The first-order valence-corrected chi connectivity index (χ1v) is 8.32. The summed E-state index contributed by atoms with van der Waals surface area (Å²) in [5, 5.41) is 20.0. The van der Waals surface area contributed by atoms with Gasteiger partial charge in [0, 0.05) is 25.6 Å². The summed E-state index contributed by atoms with van der Waals surface area (Å²) in [6.07, 6.45) is 4.95. The van der Waals surface area contributed by atoms with Crippen LogP contribution < -0.4 is 10.6 Å². The van der Waals surface area contributed by atoms with Crippen molar-refractivity contribution in [2.24, 2.45) is 13.0 Å². The number of hydrogen-bond donors (Lipinski definition) is 3. The monoisotopic (exact) mass is 308 g/mol. The van der Waals surface area contributed by atoms with Gasteiger partial charge in [-0.15, -0.1) is 0 Å². The molecule has 3 N–H and O–H groups in total. The lowest BCUT2D eigenvalue weighted by Gasteiger charge is -2.22. The number of aryl methyl sites for hydroxylation is 1. The van der Waals surface area contributed by atoms with Gasteiger partial charge in [0.1, 0.15) is 5.82 Å². The van der Waals surface area contributed by atoms with Crippen LogP contribution in [0.15, 0.2) is 6.07 Å². The van der Waals surface area contributed by atoms with E-state index in [2.05, 4.69) is 29.6 Å². The van der Waals surface area contributed by atoms with Gasteiger partial charge in [0.15, 0.2) is 0 Å². The Balaban J connectivity index is 1.83. The molecule has 1 saturated carbocycles. The van der Waals surface area contributed by atoms with E-state index < -0.39 is 6.10 Å². The number of aromatic nitrogens is 2. The topological polar surface area (TPSA) is 79.2 Å². The van der Waals surface area contributed by atoms with Crippen LogP contribution in [0, 0.1) is 5.92 Å². The highest BCUT2D eigenvalue weighted by atomic mass is 16.3.